The average Bonchev–Trinajstić information content (AvgIpc) is 2.76. The Bertz CT molecular complexity index is 613. The van der Waals surface area contributed by atoms with Gasteiger partial charge in [0.1, 0.15) is 11.3 Å². The van der Waals surface area contributed by atoms with E-state index >= 15 is 0 Å². The molecule has 0 amide bonds. The highest BCUT2D eigenvalue weighted by Crippen LogP contribution is 2.30. The number of benzene rings is 1. The van der Waals surface area contributed by atoms with Crippen molar-refractivity contribution in [2.75, 3.05) is 7.11 Å². The smallest absolute Gasteiger partial charge is 0.339 e. The van der Waals surface area contributed by atoms with Crippen molar-refractivity contribution in [3.8, 4) is 5.75 Å². The van der Waals surface area contributed by atoms with Crippen molar-refractivity contribution in [3.05, 3.63) is 23.8 Å². The van der Waals surface area contributed by atoms with Gasteiger partial charge in [-0.1, -0.05) is 25.7 Å². The van der Waals surface area contributed by atoms with Gasteiger partial charge in [-0.3, -0.25) is 0 Å². The fourth-order valence-electron chi connectivity index (χ4n) is 2.78. The van der Waals surface area contributed by atoms with Gasteiger partial charge in [0, 0.05) is 0 Å². The fourth-order valence-corrected chi connectivity index (χ4v) is 4.65. The predicted molar refractivity (Wildman–Crippen MR) is 78.6 cm³/mol. The van der Waals surface area contributed by atoms with Crippen LogP contribution in [0.3, 0.4) is 0 Å². The molecule has 0 spiro atoms. The zero-order chi connectivity index (χ0) is 15.5. The van der Waals surface area contributed by atoms with Gasteiger partial charge in [0.05, 0.1) is 17.3 Å². The van der Waals surface area contributed by atoms with Gasteiger partial charge < -0.3 is 9.84 Å². The van der Waals surface area contributed by atoms with E-state index in [0.29, 0.717) is 12.8 Å². The fraction of sp³-hybridized carbons (Fsp3) is 0.533. The highest BCUT2D eigenvalue weighted by Gasteiger charge is 2.29. The van der Waals surface area contributed by atoms with E-state index in [1.165, 1.54) is 25.3 Å². The molecule has 1 aliphatic carbocycles. The zero-order valence-electron chi connectivity index (χ0n) is 12.0. The molecule has 116 valence electrons. The zero-order valence-corrected chi connectivity index (χ0v) is 12.9. The lowest BCUT2D eigenvalue weighted by atomic mass is 10.2. The second-order valence-electron chi connectivity index (χ2n) is 5.33. The van der Waals surface area contributed by atoms with Crippen LogP contribution in [0.2, 0.25) is 0 Å². The Hall–Kier alpha value is -1.56. The van der Waals surface area contributed by atoms with Crippen molar-refractivity contribution in [2.24, 2.45) is 0 Å². The number of methoxy groups -OCH3 is 1. The Labute approximate surface area is 124 Å². The summed E-state index contributed by atoms with van der Waals surface area (Å²) in [6.07, 6.45) is 5.25. The molecule has 0 radical (unpaired) electrons. The lowest BCUT2D eigenvalue weighted by molar-refractivity contribution is 0.0693. The van der Waals surface area contributed by atoms with E-state index in [4.69, 9.17) is 9.84 Å². The van der Waals surface area contributed by atoms with Crippen molar-refractivity contribution in [1.29, 1.82) is 0 Å². The van der Waals surface area contributed by atoms with E-state index in [1.54, 1.807) is 0 Å². The van der Waals surface area contributed by atoms with Crippen LogP contribution in [-0.4, -0.2) is 31.9 Å². The summed E-state index contributed by atoms with van der Waals surface area (Å²) in [5.41, 5.74) is -0.118. The molecule has 5 nitrogen and oxygen atoms in total. The topological polar surface area (TPSA) is 80.7 Å². The highest BCUT2D eigenvalue weighted by atomic mass is 32.2. The number of carbonyl (C=O) groups is 1. The van der Waals surface area contributed by atoms with E-state index in [2.05, 4.69) is 0 Å². The number of sulfone groups is 1. The van der Waals surface area contributed by atoms with E-state index in [-0.39, 0.29) is 16.2 Å². The first-order valence-electron chi connectivity index (χ1n) is 7.12. The molecule has 1 aromatic carbocycles. The first-order valence-corrected chi connectivity index (χ1v) is 8.66. The molecule has 2 rings (SSSR count). The van der Waals surface area contributed by atoms with Crippen LogP contribution in [0.1, 0.15) is 48.9 Å². The van der Waals surface area contributed by atoms with E-state index in [9.17, 15) is 13.2 Å². The van der Waals surface area contributed by atoms with Crippen molar-refractivity contribution in [2.45, 2.75) is 48.7 Å². The third-order valence-corrected chi connectivity index (χ3v) is 6.23. The molecule has 6 heteroatoms. The van der Waals surface area contributed by atoms with Gasteiger partial charge >= 0.3 is 5.97 Å². The summed E-state index contributed by atoms with van der Waals surface area (Å²) in [6, 6.07) is 4.06. The number of ether oxygens (including phenoxy) is 1. The monoisotopic (exact) mass is 312 g/mol. The van der Waals surface area contributed by atoms with Gasteiger partial charge in [0.2, 0.25) is 0 Å². The maximum Gasteiger partial charge on any atom is 0.339 e. The van der Waals surface area contributed by atoms with Crippen molar-refractivity contribution >= 4 is 15.8 Å². The summed E-state index contributed by atoms with van der Waals surface area (Å²) in [6.45, 7) is 0. The van der Waals surface area contributed by atoms with Crippen LogP contribution in [0.4, 0.5) is 0 Å². The average molecular weight is 312 g/mol. The molecule has 0 atom stereocenters. The van der Waals surface area contributed by atoms with Gasteiger partial charge in [-0.15, -0.1) is 0 Å². The second-order valence-corrected chi connectivity index (χ2v) is 7.55. The minimum absolute atomic E-state index is 0.0765. The van der Waals surface area contributed by atoms with Crippen LogP contribution in [0.5, 0.6) is 5.75 Å². The number of carboxylic acids is 1. The number of aromatic carboxylic acids is 1. The molecule has 0 aromatic heterocycles. The largest absolute Gasteiger partial charge is 0.496 e. The van der Waals surface area contributed by atoms with Crippen LogP contribution in [0.25, 0.3) is 0 Å². The summed E-state index contributed by atoms with van der Waals surface area (Å²) < 4.78 is 30.3. The van der Waals surface area contributed by atoms with E-state index < -0.39 is 21.1 Å². The molecule has 21 heavy (non-hydrogen) atoms. The standard InChI is InChI=1S/C15H20O5S/c1-20-14-9-8-12(10-13(14)15(16)17)21(18,19)11-6-4-2-3-5-7-11/h8-11H,2-7H2,1H3,(H,16,17). The Morgan fingerprint density at radius 2 is 1.81 bits per heavy atom. The molecule has 0 unspecified atom stereocenters. The van der Waals surface area contributed by atoms with Crippen LogP contribution in [0.15, 0.2) is 23.1 Å². The van der Waals surface area contributed by atoms with Crippen LogP contribution in [0, 0.1) is 0 Å². The van der Waals surface area contributed by atoms with E-state index in [0.717, 1.165) is 25.7 Å². The molecular weight excluding hydrogens is 292 g/mol. The molecule has 1 fully saturated rings. The van der Waals surface area contributed by atoms with Gasteiger partial charge in [-0.25, -0.2) is 13.2 Å². The number of rotatable bonds is 4. The van der Waals surface area contributed by atoms with Crippen molar-refractivity contribution in [3.63, 3.8) is 0 Å². The Morgan fingerprint density at radius 3 is 2.33 bits per heavy atom. The van der Waals surface area contributed by atoms with Gasteiger partial charge in [-0.05, 0) is 31.0 Å². The molecule has 1 aliphatic rings. The number of hydrogen-bond acceptors (Lipinski definition) is 4. The minimum Gasteiger partial charge on any atom is -0.496 e. The number of hydrogen-bond donors (Lipinski definition) is 1. The third-order valence-electron chi connectivity index (χ3n) is 3.97. The normalized spacial score (nSPS) is 17.2. The summed E-state index contributed by atoms with van der Waals surface area (Å²) in [5.74, 6) is -1.02. The summed E-state index contributed by atoms with van der Waals surface area (Å²) in [4.78, 5) is 11.3. The van der Waals surface area contributed by atoms with Gasteiger partial charge in [-0.2, -0.15) is 0 Å². The van der Waals surface area contributed by atoms with Crippen LogP contribution < -0.4 is 4.74 Å². The molecule has 1 aromatic rings. The van der Waals surface area contributed by atoms with E-state index in [1.807, 2.05) is 0 Å². The molecule has 0 saturated heterocycles. The van der Waals surface area contributed by atoms with Gasteiger partial charge in [0.25, 0.3) is 0 Å². The first-order chi connectivity index (χ1) is 9.96. The summed E-state index contributed by atoms with van der Waals surface area (Å²) >= 11 is 0. The lowest BCUT2D eigenvalue weighted by Crippen LogP contribution is -2.21. The Morgan fingerprint density at radius 1 is 1.19 bits per heavy atom. The van der Waals surface area contributed by atoms with Crippen molar-refractivity contribution in [1.82, 2.24) is 0 Å². The summed E-state index contributed by atoms with van der Waals surface area (Å²) in [7, 11) is -2.12. The second kappa shape index (κ2) is 6.47. The third kappa shape index (κ3) is 3.37. The molecule has 0 aliphatic heterocycles. The Balaban J connectivity index is 2.39. The van der Waals surface area contributed by atoms with Gasteiger partial charge in [0.15, 0.2) is 9.84 Å². The van der Waals surface area contributed by atoms with Crippen molar-refractivity contribution < 1.29 is 23.1 Å². The molecule has 1 saturated carbocycles. The quantitative estimate of drug-likeness (QED) is 0.865. The van der Waals surface area contributed by atoms with Crippen LogP contribution in [-0.2, 0) is 9.84 Å². The number of carboxylic acid groups (broad SMARTS) is 1. The lowest BCUT2D eigenvalue weighted by Gasteiger charge is -2.16. The maximum absolute atomic E-state index is 12.7. The Kier molecular flexibility index (Phi) is 4.88. The molecule has 0 heterocycles. The minimum atomic E-state index is -3.49. The van der Waals surface area contributed by atoms with Crippen LogP contribution >= 0.6 is 0 Å². The first kappa shape index (κ1) is 15.8. The highest BCUT2D eigenvalue weighted by molar-refractivity contribution is 7.92. The predicted octanol–water partition coefficient (Wildman–Crippen LogP) is 2.89. The SMILES string of the molecule is COc1ccc(S(=O)(=O)C2CCCCCC2)cc1C(=O)O. The molecule has 1 N–H and O–H groups in total. The molecular formula is C15H20O5S. The summed E-state index contributed by atoms with van der Waals surface area (Å²) in [5, 5.41) is 8.76. The molecule has 0 bridgehead atoms. The maximum atomic E-state index is 12.7.